The monoisotopic (exact) mass is 226 g/mol. The quantitative estimate of drug-likeness (QED) is 0.744. The zero-order valence-electron chi connectivity index (χ0n) is 9.90. The average molecular weight is 226 g/mol. The Hall–Kier alpha value is -1.49. The molecular formula is C11H18N2O3. The molecule has 1 aromatic rings. The number of hydrogen-bond acceptors (Lipinski definition) is 5. The summed E-state index contributed by atoms with van der Waals surface area (Å²) >= 11 is 0. The van der Waals surface area contributed by atoms with Crippen LogP contribution in [0.3, 0.4) is 0 Å². The van der Waals surface area contributed by atoms with Crippen LogP contribution in [0.2, 0.25) is 0 Å². The molecule has 0 aliphatic carbocycles. The van der Waals surface area contributed by atoms with Gasteiger partial charge in [0.25, 0.3) is 0 Å². The summed E-state index contributed by atoms with van der Waals surface area (Å²) in [6.07, 6.45) is 0.206. The van der Waals surface area contributed by atoms with Crippen molar-refractivity contribution >= 4 is 5.69 Å². The normalized spacial score (nSPS) is 10.5. The fourth-order valence-corrected chi connectivity index (χ4v) is 1.11. The van der Waals surface area contributed by atoms with Crippen molar-refractivity contribution in [3.05, 3.63) is 12.1 Å². The summed E-state index contributed by atoms with van der Waals surface area (Å²) in [5.74, 6) is 0.862. The number of aromatic nitrogens is 1. The van der Waals surface area contributed by atoms with Crippen LogP contribution in [0.5, 0.6) is 11.8 Å². The molecule has 0 aliphatic rings. The summed E-state index contributed by atoms with van der Waals surface area (Å²) in [5, 5.41) is 0. The molecule has 0 atom stereocenters. The predicted molar refractivity (Wildman–Crippen MR) is 61.8 cm³/mol. The van der Waals surface area contributed by atoms with Crippen molar-refractivity contribution in [3.8, 4) is 11.8 Å². The van der Waals surface area contributed by atoms with E-state index in [1.807, 2.05) is 13.8 Å². The third-order valence-electron chi connectivity index (χ3n) is 1.84. The van der Waals surface area contributed by atoms with Gasteiger partial charge in [-0.3, -0.25) is 0 Å². The molecule has 1 rings (SSSR count). The summed E-state index contributed by atoms with van der Waals surface area (Å²) in [5.41, 5.74) is 6.12. The Kier molecular flexibility index (Phi) is 4.85. The van der Waals surface area contributed by atoms with Gasteiger partial charge < -0.3 is 19.9 Å². The summed E-state index contributed by atoms with van der Waals surface area (Å²) in [6, 6.07) is 3.40. The summed E-state index contributed by atoms with van der Waals surface area (Å²) in [6.45, 7) is 4.94. The van der Waals surface area contributed by atoms with Crippen LogP contribution < -0.4 is 15.2 Å². The highest BCUT2D eigenvalue weighted by Gasteiger charge is 2.03. The molecule has 0 radical (unpaired) electrons. The first kappa shape index (κ1) is 12.6. The van der Waals surface area contributed by atoms with Gasteiger partial charge in [0.15, 0.2) is 0 Å². The summed E-state index contributed by atoms with van der Waals surface area (Å²) < 4.78 is 15.7. The second-order valence-corrected chi connectivity index (χ2v) is 3.52. The number of anilines is 1. The first-order valence-electron chi connectivity index (χ1n) is 5.18. The SMILES string of the molecule is COc1nc(OCCOC(C)C)ccc1N. The maximum Gasteiger partial charge on any atom is 0.240 e. The molecule has 0 bridgehead atoms. The molecule has 5 heteroatoms. The van der Waals surface area contributed by atoms with E-state index in [2.05, 4.69) is 4.98 Å². The van der Waals surface area contributed by atoms with Crippen molar-refractivity contribution in [2.75, 3.05) is 26.1 Å². The second-order valence-electron chi connectivity index (χ2n) is 3.52. The van der Waals surface area contributed by atoms with Gasteiger partial charge in [0.1, 0.15) is 6.61 Å². The maximum atomic E-state index is 5.63. The molecule has 1 heterocycles. The van der Waals surface area contributed by atoms with Crippen LogP contribution in [0, 0.1) is 0 Å². The topological polar surface area (TPSA) is 66.6 Å². The predicted octanol–water partition coefficient (Wildman–Crippen LogP) is 1.48. The van der Waals surface area contributed by atoms with Crippen molar-refractivity contribution in [1.82, 2.24) is 4.98 Å². The number of pyridine rings is 1. The van der Waals surface area contributed by atoms with Gasteiger partial charge in [0.05, 0.1) is 25.5 Å². The highest BCUT2D eigenvalue weighted by atomic mass is 16.5. The third kappa shape index (κ3) is 3.94. The molecule has 0 spiro atoms. The first-order chi connectivity index (χ1) is 7.63. The van der Waals surface area contributed by atoms with E-state index in [0.717, 1.165) is 0 Å². The van der Waals surface area contributed by atoms with E-state index >= 15 is 0 Å². The molecule has 0 unspecified atom stereocenters. The smallest absolute Gasteiger partial charge is 0.240 e. The Morgan fingerprint density at radius 1 is 1.31 bits per heavy atom. The molecular weight excluding hydrogens is 208 g/mol. The first-order valence-corrected chi connectivity index (χ1v) is 5.18. The lowest BCUT2D eigenvalue weighted by molar-refractivity contribution is 0.0541. The molecule has 1 aromatic heterocycles. The van der Waals surface area contributed by atoms with Crippen molar-refractivity contribution in [3.63, 3.8) is 0 Å². The number of ether oxygens (including phenoxy) is 3. The van der Waals surface area contributed by atoms with E-state index < -0.39 is 0 Å². The minimum Gasteiger partial charge on any atom is -0.479 e. The Balaban J connectivity index is 2.42. The zero-order valence-corrected chi connectivity index (χ0v) is 9.90. The minimum absolute atomic E-state index is 0.206. The maximum absolute atomic E-state index is 5.63. The number of rotatable bonds is 6. The standard InChI is InChI=1S/C11H18N2O3/c1-8(2)15-6-7-16-10-5-4-9(12)11(13-10)14-3/h4-5,8H,6-7,12H2,1-3H3. The third-order valence-corrected chi connectivity index (χ3v) is 1.84. The van der Waals surface area contributed by atoms with Gasteiger partial charge in [-0.15, -0.1) is 0 Å². The number of nitrogens with zero attached hydrogens (tertiary/aromatic N) is 1. The lowest BCUT2D eigenvalue weighted by atomic mass is 10.4. The molecule has 0 amide bonds. The number of nitrogens with two attached hydrogens (primary N) is 1. The largest absolute Gasteiger partial charge is 0.479 e. The van der Waals surface area contributed by atoms with Gasteiger partial charge in [0.2, 0.25) is 11.8 Å². The lowest BCUT2D eigenvalue weighted by Crippen LogP contribution is -2.12. The molecule has 90 valence electrons. The van der Waals surface area contributed by atoms with Crippen LogP contribution in [0.15, 0.2) is 12.1 Å². The molecule has 0 saturated heterocycles. The summed E-state index contributed by atoms with van der Waals surface area (Å²) in [4.78, 5) is 4.08. The highest BCUT2D eigenvalue weighted by Crippen LogP contribution is 2.21. The van der Waals surface area contributed by atoms with Crippen molar-refractivity contribution < 1.29 is 14.2 Å². The van der Waals surface area contributed by atoms with Gasteiger partial charge in [-0.05, 0) is 19.9 Å². The van der Waals surface area contributed by atoms with Gasteiger partial charge >= 0.3 is 0 Å². The Morgan fingerprint density at radius 3 is 2.69 bits per heavy atom. The Morgan fingerprint density at radius 2 is 2.06 bits per heavy atom. The van der Waals surface area contributed by atoms with E-state index in [4.69, 9.17) is 19.9 Å². The molecule has 0 aliphatic heterocycles. The Labute approximate surface area is 95.5 Å². The van der Waals surface area contributed by atoms with Crippen molar-refractivity contribution in [2.24, 2.45) is 0 Å². The van der Waals surface area contributed by atoms with Crippen LogP contribution in [0.1, 0.15) is 13.8 Å². The highest BCUT2D eigenvalue weighted by molar-refractivity contribution is 5.49. The van der Waals surface area contributed by atoms with Crippen LogP contribution in [0.25, 0.3) is 0 Å². The zero-order chi connectivity index (χ0) is 12.0. The van der Waals surface area contributed by atoms with E-state index in [1.54, 1.807) is 12.1 Å². The van der Waals surface area contributed by atoms with Gasteiger partial charge in [-0.1, -0.05) is 0 Å². The molecule has 5 nitrogen and oxygen atoms in total. The molecule has 0 saturated carbocycles. The number of hydrogen-bond donors (Lipinski definition) is 1. The fourth-order valence-electron chi connectivity index (χ4n) is 1.11. The Bertz CT molecular complexity index is 329. The number of nitrogen functional groups attached to an aromatic ring is 1. The van der Waals surface area contributed by atoms with E-state index in [-0.39, 0.29) is 6.10 Å². The lowest BCUT2D eigenvalue weighted by Gasteiger charge is -2.10. The van der Waals surface area contributed by atoms with Crippen molar-refractivity contribution in [1.29, 1.82) is 0 Å². The molecule has 0 aromatic carbocycles. The van der Waals surface area contributed by atoms with Crippen molar-refractivity contribution in [2.45, 2.75) is 20.0 Å². The molecule has 2 N–H and O–H groups in total. The molecule has 0 fully saturated rings. The number of methoxy groups -OCH3 is 1. The van der Waals surface area contributed by atoms with Gasteiger partial charge in [-0.2, -0.15) is 4.98 Å². The van der Waals surface area contributed by atoms with Gasteiger partial charge in [-0.25, -0.2) is 0 Å². The van der Waals surface area contributed by atoms with Crippen LogP contribution in [-0.2, 0) is 4.74 Å². The molecule has 16 heavy (non-hydrogen) atoms. The summed E-state index contributed by atoms with van der Waals surface area (Å²) in [7, 11) is 1.52. The van der Waals surface area contributed by atoms with Gasteiger partial charge in [0, 0.05) is 6.07 Å². The second kappa shape index (κ2) is 6.17. The van der Waals surface area contributed by atoms with Crippen LogP contribution in [-0.4, -0.2) is 31.4 Å². The van der Waals surface area contributed by atoms with E-state index in [0.29, 0.717) is 30.7 Å². The van der Waals surface area contributed by atoms with Crippen LogP contribution in [0.4, 0.5) is 5.69 Å². The fraction of sp³-hybridized carbons (Fsp3) is 0.545. The minimum atomic E-state index is 0.206. The average Bonchev–Trinajstić information content (AvgIpc) is 2.26. The van der Waals surface area contributed by atoms with E-state index in [9.17, 15) is 0 Å². The van der Waals surface area contributed by atoms with E-state index in [1.165, 1.54) is 7.11 Å². The van der Waals surface area contributed by atoms with Crippen LogP contribution >= 0.6 is 0 Å².